The van der Waals surface area contributed by atoms with Crippen molar-refractivity contribution in [2.45, 2.75) is 65.5 Å². The van der Waals surface area contributed by atoms with E-state index >= 15 is 0 Å². The molecule has 1 aliphatic carbocycles. The second kappa shape index (κ2) is 7.10. The molecule has 1 aliphatic rings. The van der Waals surface area contributed by atoms with E-state index in [9.17, 15) is 4.79 Å². The quantitative estimate of drug-likeness (QED) is 0.433. The molecule has 1 atom stereocenters. The fourth-order valence-corrected chi connectivity index (χ4v) is 3.07. The van der Waals surface area contributed by atoms with Crippen molar-refractivity contribution in [3.05, 3.63) is 0 Å². The van der Waals surface area contributed by atoms with Gasteiger partial charge in [0, 0.05) is 12.6 Å². The molecular formula is C14H29N3O. The van der Waals surface area contributed by atoms with Gasteiger partial charge in [-0.1, -0.05) is 40.5 Å². The van der Waals surface area contributed by atoms with Crippen molar-refractivity contribution in [1.82, 2.24) is 10.3 Å². The molecule has 0 aromatic heterocycles. The molecular weight excluding hydrogens is 226 g/mol. The maximum Gasteiger partial charge on any atom is 0.251 e. The van der Waals surface area contributed by atoms with E-state index in [1.54, 1.807) is 0 Å². The Kier molecular flexibility index (Phi) is 6.09. The Morgan fingerprint density at radius 3 is 2.22 bits per heavy atom. The standard InChI is InChI=1S/C14H29N3O/c1-10(2)9-17(12-7-5-6-8-12)13(11(3)4)14(18)16-15/h10-13H,5-9,15H2,1-4H3,(H,16,18). The number of hydrogen-bond acceptors (Lipinski definition) is 3. The molecule has 0 saturated heterocycles. The third kappa shape index (κ3) is 3.95. The summed E-state index contributed by atoms with van der Waals surface area (Å²) in [5.41, 5.74) is 2.34. The van der Waals surface area contributed by atoms with Gasteiger partial charge in [-0.2, -0.15) is 0 Å². The van der Waals surface area contributed by atoms with Crippen LogP contribution in [0, 0.1) is 11.8 Å². The maximum absolute atomic E-state index is 12.1. The number of nitrogens with two attached hydrogens (primary N) is 1. The molecule has 0 bridgehead atoms. The predicted molar refractivity (Wildman–Crippen MR) is 74.8 cm³/mol. The molecule has 4 nitrogen and oxygen atoms in total. The molecule has 106 valence electrons. The fourth-order valence-electron chi connectivity index (χ4n) is 3.07. The van der Waals surface area contributed by atoms with Gasteiger partial charge in [0.05, 0.1) is 6.04 Å². The first-order chi connectivity index (χ1) is 8.47. The predicted octanol–water partition coefficient (Wildman–Crippen LogP) is 1.90. The Hall–Kier alpha value is -0.610. The van der Waals surface area contributed by atoms with E-state index < -0.39 is 0 Å². The van der Waals surface area contributed by atoms with Crippen LogP contribution in [-0.4, -0.2) is 29.4 Å². The van der Waals surface area contributed by atoms with E-state index in [0.29, 0.717) is 12.0 Å². The molecule has 0 radical (unpaired) electrons. The van der Waals surface area contributed by atoms with Gasteiger partial charge in [0.2, 0.25) is 0 Å². The zero-order valence-electron chi connectivity index (χ0n) is 12.3. The highest BCUT2D eigenvalue weighted by molar-refractivity contribution is 5.81. The minimum atomic E-state index is -0.0968. The van der Waals surface area contributed by atoms with E-state index in [0.717, 1.165) is 6.54 Å². The van der Waals surface area contributed by atoms with Crippen molar-refractivity contribution < 1.29 is 4.79 Å². The Morgan fingerprint density at radius 1 is 1.28 bits per heavy atom. The number of rotatable bonds is 6. The van der Waals surface area contributed by atoms with E-state index in [4.69, 9.17) is 5.84 Å². The van der Waals surface area contributed by atoms with E-state index in [1.807, 2.05) is 0 Å². The average Bonchev–Trinajstić information content (AvgIpc) is 2.80. The SMILES string of the molecule is CC(C)CN(C1CCCC1)C(C(=O)NN)C(C)C. The van der Waals surface area contributed by atoms with Crippen LogP contribution in [0.3, 0.4) is 0 Å². The summed E-state index contributed by atoms with van der Waals surface area (Å²) >= 11 is 0. The van der Waals surface area contributed by atoms with Gasteiger partial charge < -0.3 is 0 Å². The van der Waals surface area contributed by atoms with E-state index in [1.165, 1.54) is 25.7 Å². The van der Waals surface area contributed by atoms with Crippen LogP contribution in [0.25, 0.3) is 0 Å². The molecule has 0 heterocycles. The lowest BCUT2D eigenvalue weighted by Gasteiger charge is -2.38. The second-order valence-electron chi connectivity index (χ2n) is 6.23. The molecule has 3 N–H and O–H groups in total. The zero-order valence-corrected chi connectivity index (χ0v) is 12.3. The summed E-state index contributed by atoms with van der Waals surface area (Å²) in [6, 6.07) is 0.456. The number of carbonyl (C=O) groups excluding carboxylic acids is 1. The largest absolute Gasteiger partial charge is 0.293 e. The molecule has 18 heavy (non-hydrogen) atoms. The number of nitrogens with zero attached hydrogens (tertiary/aromatic N) is 1. The highest BCUT2D eigenvalue weighted by atomic mass is 16.2. The van der Waals surface area contributed by atoms with Crippen LogP contribution in [-0.2, 0) is 4.79 Å². The number of hydrazine groups is 1. The van der Waals surface area contributed by atoms with Crippen molar-refractivity contribution in [1.29, 1.82) is 0 Å². The number of hydrogen-bond donors (Lipinski definition) is 2. The molecule has 0 aliphatic heterocycles. The summed E-state index contributed by atoms with van der Waals surface area (Å²) in [5, 5.41) is 0. The molecule has 1 fully saturated rings. The van der Waals surface area contributed by atoms with Gasteiger partial charge in [-0.3, -0.25) is 15.1 Å². The normalized spacial score (nSPS) is 18.9. The third-order valence-corrected chi connectivity index (χ3v) is 3.77. The average molecular weight is 255 g/mol. The summed E-state index contributed by atoms with van der Waals surface area (Å²) in [5.74, 6) is 6.16. The lowest BCUT2D eigenvalue weighted by Crippen LogP contribution is -2.55. The molecule has 1 saturated carbocycles. The van der Waals surface area contributed by atoms with Crippen LogP contribution < -0.4 is 11.3 Å². The summed E-state index contributed by atoms with van der Waals surface area (Å²) in [6.45, 7) is 9.59. The zero-order chi connectivity index (χ0) is 13.7. The van der Waals surface area contributed by atoms with Gasteiger partial charge >= 0.3 is 0 Å². The van der Waals surface area contributed by atoms with Crippen LogP contribution in [0.2, 0.25) is 0 Å². The van der Waals surface area contributed by atoms with E-state index in [-0.39, 0.29) is 17.9 Å². The topological polar surface area (TPSA) is 58.4 Å². The smallest absolute Gasteiger partial charge is 0.251 e. The van der Waals surface area contributed by atoms with Crippen molar-refractivity contribution in [2.75, 3.05) is 6.54 Å². The summed E-state index contributed by atoms with van der Waals surface area (Å²) in [7, 11) is 0. The van der Waals surface area contributed by atoms with Gasteiger partial charge in [0.1, 0.15) is 0 Å². The number of amides is 1. The molecule has 0 spiro atoms. The van der Waals surface area contributed by atoms with Gasteiger partial charge in [-0.15, -0.1) is 0 Å². The first-order valence-corrected chi connectivity index (χ1v) is 7.23. The second-order valence-corrected chi connectivity index (χ2v) is 6.23. The monoisotopic (exact) mass is 255 g/mol. The van der Waals surface area contributed by atoms with Gasteiger partial charge in [-0.25, -0.2) is 5.84 Å². The lowest BCUT2D eigenvalue weighted by atomic mass is 9.97. The van der Waals surface area contributed by atoms with Crippen molar-refractivity contribution in [3.8, 4) is 0 Å². The minimum absolute atomic E-state index is 0.0439. The third-order valence-electron chi connectivity index (χ3n) is 3.77. The molecule has 1 rings (SSSR count). The van der Waals surface area contributed by atoms with Crippen molar-refractivity contribution in [3.63, 3.8) is 0 Å². The number of carbonyl (C=O) groups is 1. The van der Waals surface area contributed by atoms with Crippen LogP contribution in [0.5, 0.6) is 0 Å². The Bertz CT molecular complexity index is 260. The van der Waals surface area contributed by atoms with Crippen LogP contribution in [0.4, 0.5) is 0 Å². The molecule has 1 unspecified atom stereocenters. The van der Waals surface area contributed by atoms with Gasteiger partial charge in [-0.05, 0) is 24.7 Å². The first-order valence-electron chi connectivity index (χ1n) is 7.23. The molecule has 4 heteroatoms. The minimum Gasteiger partial charge on any atom is -0.293 e. The molecule has 1 amide bonds. The summed E-state index contributed by atoms with van der Waals surface area (Å²) < 4.78 is 0. The highest BCUT2D eigenvalue weighted by Crippen LogP contribution is 2.28. The van der Waals surface area contributed by atoms with Crippen molar-refractivity contribution in [2.24, 2.45) is 17.7 Å². The number of nitrogens with one attached hydrogen (secondary N) is 1. The van der Waals surface area contributed by atoms with Gasteiger partial charge in [0.25, 0.3) is 5.91 Å². The first kappa shape index (κ1) is 15.4. The Balaban J connectivity index is 2.85. The van der Waals surface area contributed by atoms with Crippen LogP contribution in [0.15, 0.2) is 0 Å². The molecule has 0 aromatic rings. The highest BCUT2D eigenvalue weighted by Gasteiger charge is 2.34. The Labute approximate surface area is 111 Å². The van der Waals surface area contributed by atoms with Crippen molar-refractivity contribution >= 4 is 5.91 Å². The van der Waals surface area contributed by atoms with E-state index in [2.05, 4.69) is 38.0 Å². The summed E-state index contributed by atoms with van der Waals surface area (Å²) in [6.07, 6.45) is 5.00. The lowest BCUT2D eigenvalue weighted by molar-refractivity contribution is -0.129. The van der Waals surface area contributed by atoms with Crippen LogP contribution >= 0.6 is 0 Å². The van der Waals surface area contributed by atoms with Crippen LogP contribution in [0.1, 0.15) is 53.4 Å². The molecule has 0 aromatic carbocycles. The fraction of sp³-hybridized carbons (Fsp3) is 0.929. The maximum atomic E-state index is 12.1. The van der Waals surface area contributed by atoms with Gasteiger partial charge in [0.15, 0.2) is 0 Å². The Morgan fingerprint density at radius 2 is 1.83 bits per heavy atom. The summed E-state index contributed by atoms with van der Waals surface area (Å²) in [4.78, 5) is 14.4.